The van der Waals surface area contributed by atoms with E-state index >= 15 is 0 Å². The highest BCUT2D eigenvalue weighted by molar-refractivity contribution is 7.89. The lowest BCUT2D eigenvalue weighted by molar-refractivity contribution is 0.521. The molecule has 0 amide bonds. The standard InChI is InChI=1S/C16H28N2O2S/c1-4-5-6-7-10-14(2)18-21(19,20)16-12-9-8-11-15(16)13-17-3/h8-9,11-12,14,17-18H,4-7,10,13H2,1-3H3. The zero-order valence-electron chi connectivity index (χ0n) is 13.4. The van der Waals surface area contributed by atoms with E-state index in [4.69, 9.17) is 0 Å². The van der Waals surface area contributed by atoms with Crippen LogP contribution in [0.2, 0.25) is 0 Å². The molecule has 1 unspecified atom stereocenters. The van der Waals surface area contributed by atoms with Gasteiger partial charge in [0, 0.05) is 12.6 Å². The van der Waals surface area contributed by atoms with Crippen molar-refractivity contribution in [2.75, 3.05) is 7.05 Å². The zero-order valence-corrected chi connectivity index (χ0v) is 14.2. The van der Waals surface area contributed by atoms with Crippen LogP contribution in [0, 0.1) is 0 Å². The first kappa shape index (κ1) is 18.1. The summed E-state index contributed by atoms with van der Waals surface area (Å²) in [5.74, 6) is 0. The molecule has 1 aromatic carbocycles. The van der Waals surface area contributed by atoms with Gasteiger partial charge in [-0.15, -0.1) is 0 Å². The van der Waals surface area contributed by atoms with Gasteiger partial charge in [0.25, 0.3) is 0 Å². The highest BCUT2D eigenvalue weighted by Crippen LogP contribution is 2.16. The fraction of sp³-hybridized carbons (Fsp3) is 0.625. The largest absolute Gasteiger partial charge is 0.316 e. The first-order valence-corrected chi connectivity index (χ1v) is 9.24. The van der Waals surface area contributed by atoms with Crippen LogP contribution in [0.5, 0.6) is 0 Å². The predicted molar refractivity (Wildman–Crippen MR) is 87.7 cm³/mol. The van der Waals surface area contributed by atoms with Crippen molar-refractivity contribution in [2.45, 2.75) is 63.4 Å². The smallest absolute Gasteiger partial charge is 0.241 e. The maximum absolute atomic E-state index is 12.5. The summed E-state index contributed by atoms with van der Waals surface area (Å²) in [6.07, 6.45) is 5.52. The van der Waals surface area contributed by atoms with Crippen molar-refractivity contribution in [2.24, 2.45) is 0 Å². The maximum Gasteiger partial charge on any atom is 0.241 e. The Morgan fingerprint density at radius 1 is 1.14 bits per heavy atom. The molecule has 2 N–H and O–H groups in total. The van der Waals surface area contributed by atoms with Gasteiger partial charge < -0.3 is 5.32 Å². The van der Waals surface area contributed by atoms with E-state index in [1.807, 2.05) is 26.1 Å². The van der Waals surface area contributed by atoms with E-state index in [1.165, 1.54) is 19.3 Å². The van der Waals surface area contributed by atoms with Gasteiger partial charge >= 0.3 is 0 Å². The fourth-order valence-corrected chi connectivity index (χ4v) is 3.88. The minimum absolute atomic E-state index is 0.0329. The van der Waals surface area contributed by atoms with Crippen LogP contribution in [0.4, 0.5) is 0 Å². The normalized spacial score (nSPS) is 13.3. The number of nitrogens with one attached hydrogen (secondary N) is 2. The van der Waals surface area contributed by atoms with Crippen molar-refractivity contribution >= 4 is 10.0 Å². The Balaban J connectivity index is 2.68. The summed E-state index contributed by atoms with van der Waals surface area (Å²) >= 11 is 0. The lowest BCUT2D eigenvalue weighted by Crippen LogP contribution is -2.33. The fourth-order valence-electron chi connectivity index (χ4n) is 2.37. The summed E-state index contributed by atoms with van der Waals surface area (Å²) in [6, 6.07) is 7.10. The van der Waals surface area contributed by atoms with Crippen molar-refractivity contribution in [1.82, 2.24) is 10.0 Å². The third kappa shape index (κ3) is 6.16. The summed E-state index contributed by atoms with van der Waals surface area (Å²) in [7, 11) is -1.63. The number of sulfonamides is 1. The van der Waals surface area contributed by atoms with Gasteiger partial charge in [-0.3, -0.25) is 0 Å². The van der Waals surface area contributed by atoms with Gasteiger partial charge in [-0.2, -0.15) is 0 Å². The number of benzene rings is 1. The first-order valence-electron chi connectivity index (χ1n) is 7.76. The van der Waals surface area contributed by atoms with Gasteiger partial charge in [0.05, 0.1) is 4.90 Å². The quantitative estimate of drug-likeness (QED) is 0.653. The summed E-state index contributed by atoms with van der Waals surface area (Å²) in [4.78, 5) is 0.375. The number of unbranched alkanes of at least 4 members (excludes halogenated alkanes) is 3. The second kappa shape index (κ2) is 9.18. The molecule has 4 nitrogen and oxygen atoms in total. The third-order valence-electron chi connectivity index (χ3n) is 3.48. The molecule has 0 aliphatic rings. The van der Waals surface area contributed by atoms with Gasteiger partial charge in [-0.1, -0.05) is 50.8 Å². The van der Waals surface area contributed by atoms with E-state index in [1.54, 1.807) is 12.1 Å². The minimum atomic E-state index is -3.45. The van der Waals surface area contributed by atoms with E-state index in [2.05, 4.69) is 17.0 Å². The molecule has 0 spiro atoms. The summed E-state index contributed by atoms with van der Waals surface area (Å²) in [5, 5.41) is 3.01. The molecule has 120 valence electrons. The molecule has 0 aliphatic carbocycles. The van der Waals surface area contributed by atoms with Gasteiger partial charge in [-0.05, 0) is 32.0 Å². The second-order valence-electron chi connectivity index (χ2n) is 5.51. The lowest BCUT2D eigenvalue weighted by atomic mass is 10.1. The molecule has 0 fully saturated rings. The first-order chi connectivity index (χ1) is 10.0. The molecule has 0 aliphatic heterocycles. The zero-order chi connectivity index (χ0) is 15.7. The van der Waals surface area contributed by atoms with Gasteiger partial charge in [0.15, 0.2) is 0 Å². The van der Waals surface area contributed by atoms with E-state index in [0.29, 0.717) is 11.4 Å². The molecule has 0 saturated heterocycles. The van der Waals surface area contributed by atoms with Crippen LogP contribution in [0.15, 0.2) is 29.2 Å². The summed E-state index contributed by atoms with van der Waals surface area (Å²) in [5.41, 5.74) is 0.797. The predicted octanol–water partition coefficient (Wildman–Crippen LogP) is 3.04. The van der Waals surface area contributed by atoms with Crippen LogP contribution in [0.25, 0.3) is 0 Å². The molecule has 0 radical (unpaired) electrons. The lowest BCUT2D eigenvalue weighted by Gasteiger charge is -2.16. The second-order valence-corrected chi connectivity index (χ2v) is 7.19. The van der Waals surface area contributed by atoms with Crippen LogP contribution in [-0.2, 0) is 16.6 Å². The Bertz CT molecular complexity index is 515. The molecule has 21 heavy (non-hydrogen) atoms. The molecular formula is C16H28N2O2S. The minimum Gasteiger partial charge on any atom is -0.316 e. The van der Waals surface area contributed by atoms with Gasteiger partial charge in [0.1, 0.15) is 0 Å². The Morgan fingerprint density at radius 3 is 2.52 bits per heavy atom. The summed E-state index contributed by atoms with van der Waals surface area (Å²) in [6.45, 7) is 4.65. The van der Waals surface area contributed by atoms with Crippen LogP contribution in [0.3, 0.4) is 0 Å². The van der Waals surface area contributed by atoms with Crippen molar-refractivity contribution in [1.29, 1.82) is 0 Å². The SMILES string of the molecule is CCCCCCC(C)NS(=O)(=O)c1ccccc1CNC. The van der Waals surface area contributed by atoms with Crippen molar-refractivity contribution in [3.63, 3.8) is 0 Å². The molecule has 0 aromatic heterocycles. The van der Waals surface area contributed by atoms with E-state index in [0.717, 1.165) is 18.4 Å². The molecule has 0 bridgehead atoms. The van der Waals surface area contributed by atoms with E-state index in [9.17, 15) is 8.42 Å². The van der Waals surface area contributed by atoms with Crippen molar-refractivity contribution < 1.29 is 8.42 Å². The molecule has 1 atom stereocenters. The molecule has 0 heterocycles. The Labute approximate surface area is 129 Å². The Morgan fingerprint density at radius 2 is 1.86 bits per heavy atom. The van der Waals surface area contributed by atoms with Crippen molar-refractivity contribution in [3.8, 4) is 0 Å². The van der Waals surface area contributed by atoms with Crippen molar-refractivity contribution in [3.05, 3.63) is 29.8 Å². The van der Waals surface area contributed by atoms with Crippen LogP contribution in [-0.4, -0.2) is 21.5 Å². The van der Waals surface area contributed by atoms with Crippen LogP contribution < -0.4 is 10.0 Å². The number of hydrogen-bond acceptors (Lipinski definition) is 3. The average Bonchev–Trinajstić information content (AvgIpc) is 2.44. The molecule has 5 heteroatoms. The van der Waals surface area contributed by atoms with Gasteiger partial charge in [-0.25, -0.2) is 13.1 Å². The Hall–Kier alpha value is -0.910. The van der Waals surface area contributed by atoms with E-state index < -0.39 is 10.0 Å². The highest BCUT2D eigenvalue weighted by atomic mass is 32.2. The molecule has 1 rings (SSSR count). The number of rotatable bonds is 10. The number of hydrogen-bond donors (Lipinski definition) is 2. The molecule has 0 saturated carbocycles. The van der Waals surface area contributed by atoms with E-state index in [-0.39, 0.29) is 6.04 Å². The highest BCUT2D eigenvalue weighted by Gasteiger charge is 2.19. The van der Waals surface area contributed by atoms with Crippen LogP contribution >= 0.6 is 0 Å². The third-order valence-corrected chi connectivity index (χ3v) is 5.17. The average molecular weight is 312 g/mol. The topological polar surface area (TPSA) is 58.2 Å². The monoisotopic (exact) mass is 312 g/mol. The van der Waals surface area contributed by atoms with Gasteiger partial charge in [0.2, 0.25) is 10.0 Å². The van der Waals surface area contributed by atoms with Crippen LogP contribution in [0.1, 0.15) is 51.5 Å². The maximum atomic E-state index is 12.5. The molecular weight excluding hydrogens is 284 g/mol. The Kier molecular flexibility index (Phi) is 7.93. The molecule has 1 aromatic rings. The summed E-state index contributed by atoms with van der Waals surface area (Å²) < 4.78 is 27.8.